The summed E-state index contributed by atoms with van der Waals surface area (Å²) in [7, 11) is 0. The number of halogens is 1. The van der Waals surface area contributed by atoms with E-state index in [9.17, 15) is 9.59 Å². The van der Waals surface area contributed by atoms with Gasteiger partial charge in [0, 0.05) is 12.6 Å². The van der Waals surface area contributed by atoms with E-state index in [1.165, 1.54) is 17.2 Å². The molecule has 0 bridgehead atoms. The van der Waals surface area contributed by atoms with Gasteiger partial charge in [0.25, 0.3) is 5.91 Å². The molecular weight excluding hydrogens is 306 g/mol. The number of nitrogens with zero attached hydrogens (tertiary/aromatic N) is 2. The Morgan fingerprint density at radius 2 is 2.09 bits per heavy atom. The second-order valence-electron chi connectivity index (χ2n) is 4.64. The van der Waals surface area contributed by atoms with Crippen LogP contribution in [0.5, 0.6) is 0 Å². The number of amides is 2. The van der Waals surface area contributed by atoms with E-state index in [1.807, 2.05) is 6.92 Å². The van der Waals surface area contributed by atoms with Crippen LogP contribution in [0.3, 0.4) is 0 Å². The van der Waals surface area contributed by atoms with Crippen LogP contribution in [0.1, 0.15) is 23.7 Å². The van der Waals surface area contributed by atoms with Crippen molar-refractivity contribution in [1.29, 1.82) is 0 Å². The van der Waals surface area contributed by atoms with Gasteiger partial charge in [0.1, 0.15) is 12.8 Å². The van der Waals surface area contributed by atoms with Crippen LogP contribution in [-0.2, 0) is 4.79 Å². The first-order valence-electron chi connectivity index (χ1n) is 6.86. The largest absolute Gasteiger partial charge is 0.363 e. The zero-order valence-electron chi connectivity index (χ0n) is 12.1. The lowest BCUT2D eigenvalue weighted by molar-refractivity contribution is -0.116. The maximum absolute atomic E-state index is 12.5. The summed E-state index contributed by atoms with van der Waals surface area (Å²) >= 11 is 6.04. The maximum atomic E-state index is 12.5. The Morgan fingerprint density at radius 3 is 2.73 bits per heavy atom. The average Bonchev–Trinajstić information content (AvgIpc) is 2.99. The van der Waals surface area contributed by atoms with E-state index < -0.39 is 0 Å². The summed E-state index contributed by atoms with van der Waals surface area (Å²) in [6, 6.07) is 8.30. The van der Waals surface area contributed by atoms with Crippen molar-refractivity contribution in [3.8, 4) is 0 Å². The van der Waals surface area contributed by atoms with Crippen LogP contribution in [0, 0.1) is 0 Å². The predicted octanol–water partition coefficient (Wildman–Crippen LogP) is 2.82. The number of carbonyl (C=O) groups excluding carboxylic acids is 2. The molecule has 0 aliphatic heterocycles. The van der Waals surface area contributed by atoms with Crippen molar-refractivity contribution in [2.45, 2.75) is 13.3 Å². The molecule has 1 aromatic carbocycles. The molecule has 0 atom stereocenters. The molecule has 1 N–H and O–H groups in total. The van der Waals surface area contributed by atoms with Crippen LogP contribution in [0.2, 0.25) is 5.02 Å². The van der Waals surface area contributed by atoms with Crippen molar-refractivity contribution in [2.24, 2.45) is 0 Å². The fourth-order valence-electron chi connectivity index (χ4n) is 1.96. The minimum atomic E-state index is -0.345. The minimum absolute atomic E-state index is 0.0786. The Labute approximate surface area is 133 Å². The molecule has 0 spiro atoms. The topological polar surface area (TPSA) is 75.4 Å². The zero-order valence-corrected chi connectivity index (χ0v) is 12.8. The van der Waals surface area contributed by atoms with Gasteiger partial charge < -0.3 is 14.7 Å². The molecule has 0 unspecified atom stereocenters. The predicted molar refractivity (Wildman–Crippen MR) is 82.8 cm³/mol. The summed E-state index contributed by atoms with van der Waals surface area (Å²) in [5, 5.41) is 6.52. The smallest absolute Gasteiger partial charge is 0.255 e. The number of hydrogen-bond donors (Lipinski definition) is 1. The molecular formula is C15H16ClN3O3. The third-order valence-corrected chi connectivity index (χ3v) is 3.25. The van der Waals surface area contributed by atoms with Gasteiger partial charge in [0.15, 0.2) is 5.82 Å². The Bertz CT molecular complexity index is 643. The van der Waals surface area contributed by atoms with Gasteiger partial charge in [-0.3, -0.25) is 9.59 Å². The molecule has 0 saturated carbocycles. The number of anilines is 1. The van der Waals surface area contributed by atoms with E-state index in [4.69, 9.17) is 11.6 Å². The number of rotatable bonds is 6. The van der Waals surface area contributed by atoms with E-state index in [2.05, 4.69) is 15.0 Å². The van der Waals surface area contributed by atoms with E-state index in [0.717, 1.165) is 6.42 Å². The molecule has 1 aromatic heterocycles. The van der Waals surface area contributed by atoms with Crippen LogP contribution in [0.4, 0.5) is 5.82 Å². The summed E-state index contributed by atoms with van der Waals surface area (Å²) in [4.78, 5) is 26.0. The quantitative estimate of drug-likeness (QED) is 0.887. The fourth-order valence-corrected chi connectivity index (χ4v) is 2.18. The molecule has 0 radical (unpaired) electrons. The molecule has 22 heavy (non-hydrogen) atoms. The molecule has 0 fully saturated rings. The first-order chi connectivity index (χ1) is 10.6. The molecule has 0 aliphatic carbocycles. The van der Waals surface area contributed by atoms with Crippen molar-refractivity contribution < 1.29 is 14.1 Å². The van der Waals surface area contributed by atoms with E-state index in [-0.39, 0.29) is 18.4 Å². The SMILES string of the molecule is CCCN(CC(=O)Nc1ccon1)C(=O)c1ccccc1Cl. The number of hydrogen-bond acceptors (Lipinski definition) is 4. The van der Waals surface area contributed by atoms with Gasteiger partial charge in [-0.2, -0.15) is 0 Å². The Hall–Kier alpha value is -2.34. The van der Waals surface area contributed by atoms with Crippen molar-refractivity contribution in [3.63, 3.8) is 0 Å². The first-order valence-corrected chi connectivity index (χ1v) is 7.23. The number of aromatic nitrogens is 1. The van der Waals surface area contributed by atoms with Crippen molar-refractivity contribution >= 4 is 29.2 Å². The number of carbonyl (C=O) groups is 2. The molecule has 2 aromatic rings. The summed E-state index contributed by atoms with van der Waals surface area (Å²) in [5.74, 6) is -0.308. The second-order valence-corrected chi connectivity index (χ2v) is 5.05. The lowest BCUT2D eigenvalue weighted by Crippen LogP contribution is -2.38. The van der Waals surface area contributed by atoms with Crippen LogP contribution in [0.15, 0.2) is 41.1 Å². The second kappa shape index (κ2) is 7.61. The highest BCUT2D eigenvalue weighted by molar-refractivity contribution is 6.33. The average molecular weight is 322 g/mol. The fraction of sp³-hybridized carbons (Fsp3) is 0.267. The monoisotopic (exact) mass is 321 g/mol. The van der Waals surface area contributed by atoms with Gasteiger partial charge in [-0.25, -0.2) is 0 Å². The van der Waals surface area contributed by atoms with Crippen LogP contribution >= 0.6 is 11.6 Å². The third-order valence-electron chi connectivity index (χ3n) is 2.92. The minimum Gasteiger partial charge on any atom is -0.363 e. The van der Waals surface area contributed by atoms with E-state index >= 15 is 0 Å². The summed E-state index contributed by atoms with van der Waals surface area (Å²) in [5.41, 5.74) is 0.381. The van der Waals surface area contributed by atoms with Crippen LogP contribution < -0.4 is 5.32 Å². The molecule has 2 rings (SSSR count). The third kappa shape index (κ3) is 4.08. The Kier molecular flexibility index (Phi) is 5.55. The Balaban J connectivity index is 2.07. The highest BCUT2D eigenvalue weighted by Gasteiger charge is 2.20. The van der Waals surface area contributed by atoms with Gasteiger partial charge in [0.2, 0.25) is 5.91 Å². The van der Waals surface area contributed by atoms with Gasteiger partial charge >= 0.3 is 0 Å². The van der Waals surface area contributed by atoms with Gasteiger partial charge in [-0.05, 0) is 18.6 Å². The normalized spacial score (nSPS) is 10.3. The van der Waals surface area contributed by atoms with E-state index in [0.29, 0.717) is 22.9 Å². The zero-order chi connectivity index (χ0) is 15.9. The first kappa shape index (κ1) is 16.0. The molecule has 0 aliphatic rings. The van der Waals surface area contributed by atoms with Crippen LogP contribution in [0.25, 0.3) is 0 Å². The lowest BCUT2D eigenvalue weighted by atomic mass is 10.2. The Morgan fingerprint density at radius 1 is 1.32 bits per heavy atom. The molecule has 7 heteroatoms. The molecule has 1 heterocycles. The maximum Gasteiger partial charge on any atom is 0.255 e. The summed E-state index contributed by atoms with van der Waals surface area (Å²) < 4.78 is 4.64. The van der Waals surface area contributed by atoms with Crippen LogP contribution in [-0.4, -0.2) is 35.0 Å². The van der Waals surface area contributed by atoms with E-state index in [1.54, 1.807) is 24.3 Å². The van der Waals surface area contributed by atoms with Gasteiger partial charge in [0.05, 0.1) is 10.6 Å². The molecule has 116 valence electrons. The number of nitrogens with one attached hydrogen (secondary N) is 1. The molecule has 6 nitrogen and oxygen atoms in total. The molecule has 0 saturated heterocycles. The van der Waals surface area contributed by atoms with Crippen molar-refractivity contribution in [1.82, 2.24) is 10.1 Å². The standard InChI is InChI=1S/C15H16ClN3O3/c1-2-8-19(10-14(20)17-13-7-9-22-18-13)15(21)11-5-3-4-6-12(11)16/h3-7,9H,2,8,10H2,1H3,(H,17,18,20). The van der Waals surface area contributed by atoms with Gasteiger partial charge in [-0.15, -0.1) is 0 Å². The highest BCUT2D eigenvalue weighted by Crippen LogP contribution is 2.17. The van der Waals surface area contributed by atoms with Gasteiger partial charge in [-0.1, -0.05) is 35.8 Å². The summed E-state index contributed by atoms with van der Waals surface area (Å²) in [6.45, 7) is 2.31. The van der Waals surface area contributed by atoms with Crippen molar-refractivity contribution in [2.75, 3.05) is 18.4 Å². The van der Waals surface area contributed by atoms with Crippen molar-refractivity contribution in [3.05, 3.63) is 47.2 Å². The highest BCUT2D eigenvalue weighted by atomic mass is 35.5. The molecule has 2 amide bonds. The number of benzene rings is 1. The summed E-state index contributed by atoms with van der Waals surface area (Å²) in [6.07, 6.45) is 2.09. The lowest BCUT2D eigenvalue weighted by Gasteiger charge is -2.21.